The quantitative estimate of drug-likeness (QED) is 0.823. The molecule has 0 radical (unpaired) electrons. The largest absolute Gasteiger partial charge is 0.487 e. The van der Waals surface area contributed by atoms with Crippen LogP contribution in [0.4, 0.5) is 0 Å². The van der Waals surface area contributed by atoms with Crippen molar-refractivity contribution in [3.63, 3.8) is 0 Å². The van der Waals surface area contributed by atoms with Crippen LogP contribution in [0.15, 0.2) is 40.9 Å². The Morgan fingerprint density at radius 3 is 2.71 bits per heavy atom. The van der Waals surface area contributed by atoms with Gasteiger partial charge in [0, 0.05) is 15.9 Å². The average molecular weight is 367 g/mol. The Labute approximate surface area is 138 Å². The molecule has 0 amide bonds. The van der Waals surface area contributed by atoms with E-state index in [1.165, 1.54) is 5.56 Å². The highest BCUT2D eigenvalue weighted by atomic mass is 79.9. The molecule has 0 fully saturated rings. The van der Waals surface area contributed by atoms with Crippen LogP contribution in [0.5, 0.6) is 5.75 Å². The molecule has 0 bridgehead atoms. The molecule has 21 heavy (non-hydrogen) atoms. The summed E-state index contributed by atoms with van der Waals surface area (Å²) in [6.07, 6.45) is 0.900. The second-order valence-corrected chi connectivity index (χ2v) is 7.37. The normalized spacial score (nSPS) is 17.2. The number of halogens is 2. The van der Waals surface area contributed by atoms with Crippen LogP contribution in [0.1, 0.15) is 36.6 Å². The van der Waals surface area contributed by atoms with Gasteiger partial charge in [0.2, 0.25) is 0 Å². The van der Waals surface area contributed by atoms with Crippen LogP contribution in [0.2, 0.25) is 5.02 Å². The predicted octanol–water partition coefficient (Wildman–Crippen LogP) is 4.86. The first-order valence-corrected chi connectivity index (χ1v) is 8.05. The fourth-order valence-corrected chi connectivity index (χ4v) is 3.55. The minimum Gasteiger partial charge on any atom is -0.487 e. The lowest BCUT2D eigenvalue weighted by molar-refractivity contribution is 0.138. The summed E-state index contributed by atoms with van der Waals surface area (Å²) in [5, 5.41) is 0.675. The van der Waals surface area contributed by atoms with E-state index in [1.807, 2.05) is 30.3 Å². The van der Waals surface area contributed by atoms with Crippen molar-refractivity contribution in [1.82, 2.24) is 0 Å². The van der Waals surface area contributed by atoms with Crippen molar-refractivity contribution in [2.45, 2.75) is 31.9 Å². The maximum absolute atomic E-state index is 6.39. The van der Waals surface area contributed by atoms with Crippen molar-refractivity contribution in [2.75, 3.05) is 0 Å². The molecule has 1 atom stereocenters. The lowest BCUT2D eigenvalue weighted by Crippen LogP contribution is -2.24. The number of benzene rings is 2. The van der Waals surface area contributed by atoms with Crippen LogP contribution >= 0.6 is 27.5 Å². The van der Waals surface area contributed by atoms with Crippen LogP contribution in [0.25, 0.3) is 0 Å². The zero-order valence-corrected chi connectivity index (χ0v) is 14.3. The number of fused-ring (bicyclic) bond motifs is 1. The van der Waals surface area contributed by atoms with Gasteiger partial charge in [-0.2, -0.15) is 0 Å². The lowest BCUT2D eigenvalue weighted by atomic mass is 9.95. The molecule has 0 aliphatic carbocycles. The Morgan fingerprint density at radius 2 is 2.00 bits per heavy atom. The fraction of sp³-hybridized carbons (Fsp3) is 0.294. The highest BCUT2D eigenvalue weighted by Gasteiger charge is 2.30. The molecule has 2 N–H and O–H groups in total. The van der Waals surface area contributed by atoms with E-state index in [9.17, 15) is 0 Å². The third-order valence-corrected chi connectivity index (χ3v) is 4.56. The Balaban J connectivity index is 1.95. The van der Waals surface area contributed by atoms with Gasteiger partial charge in [-0.25, -0.2) is 0 Å². The van der Waals surface area contributed by atoms with E-state index in [4.69, 9.17) is 22.1 Å². The van der Waals surface area contributed by atoms with Gasteiger partial charge in [0.05, 0.1) is 6.04 Å². The number of rotatable bonds is 2. The van der Waals surface area contributed by atoms with Crippen molar-refractivity contribution >= 4 is 27.5 Å². The SMILES string of the molecule is CC1(C)Cc2cc(C(N)c3ccc(Br)cc3Cl)ccc2O1. The summed E-state index contributed by atoms with van der Waals surface area (Å²) in [5.74, 6) is 0.956. The molecule has 4 heteroatoms. The van der Waals surface area contributed by atoms with Gasteiger partial charge in [-0.3, -0.25) is 0 Å². The van der Waals surface area contributed by atoms with Gasteiger partial charge in [0.1, 0.15) is 11.4 Å². The van der Waals surface area contributed by atoms with E-state index in [0.717, 1.165) is 27.8 Å². The molecule has 0 spiro atoms. The topological polar surface area (TPSA) is 35.2 Å². The second-order valence-electron chi connectivity index (χ2n) is 6.05. The van der Waals surface area contributed by atoms with Gasteiger partial charge >= 0.3 is 0 Å². The monoisotopic (exact) mass is 365 g/mol. The summed E-state index contributed by atoms with van der Waals surface area (Å²) in [7, 11) is 0. The van der Waals surface area contributed by atoms with E-state index in [1.54, 1.807) is 0 Å². The van der Waals surface area contributed by atoms with Gasteiger partial charge in [-0.15, -0.1) is 0 Å². The van der Waals surface area contributed by atoms with Crippen LogP contribution in [-0.2, 0) is 6.42 Å². The van der Waals surface area contributed by atoms with Gasteiger partial charge < -0.3 is 10.5 Å². The molecule has 110 valence electrons. The highest BCUT2D eigenvalue weighted by molar-refractivity contribution is 9.10. The molecule has 1 unspecified atom stereocenters. The van der Waals surface area contributed by atoms with E-state index >= 15 is 0 Å². The number of hydrogen-bond acceptors (Lipinski definition) is 2. The van der Waals surface area contributed by atoms with Gasteiger partial charge in [-0.1, -0.05) is 45.7 Å². The summed E-state index contributed by atoms with van der Waals surface area (Å²) >= 11 is 9.72. The number of nitrogens with two attached hydrogens (primary N) is 1. The maximum Gasteiger partial charge on any atom is 0.123 e. The summed E-state index contributed by atoms with van der Waals surface area (Å²) in [5.41, 5.74) is 9.44. The third kappa shape index (κ3) is 2.96. The molecule has 0 saturated carbocycles. The highest BCUT2D eigenvalue weighted by Crippen LogP contribution is 2.37. The van der Waals surface area contributed by atoms with Crippen molar-refractivity contribution in [2.24, 2.45) is 5.73 Å². The Hall–Kier alpha value is -1.03. The summed E-state index contributed by atoms with van der Waals surface area (Å²) in [4.78, 5) is 0. The first kappa shape index (κ1) is 14.9. The minimum absolute atomic E-state index is 0.139. The smallest absolute Gasteiger partial charge is 0.123 e. The Kier molecular flexibility index (Phi) is 3.76. The summed E-state index contributed by atoms with van der Waals surface area (Å²) in [6, 6.07) is 11.7. The molecular weight excluding hydrogens is 350 g/mol. The van der Waals surface area contributed by atoms with Crippen LogP contribution < -0.4 is 10.5 Å². The molecule has 3 rings (SSSR count). The number of hydrogen-bond donors (Lipinski definition) is 1. The Bertz CT molecular complexity index is 699. The first-order valence-electron chi connectivity index (χ1n) is 6.88. The molecule has 0 aromatic heterocycles. The average Bonchev–Trinajstić information content (AvgIpc) is 2.70. The molecule has 1 aliphatic heterocycles. The Morgan fingerprint density at radius 1 is 1.24 bits per heavy atom. The predicted molar refractivity (Wildman–Crippen MR) is 90.0 cm³/mol. The van der Waals surface area contributed by atoms with Crippen molar-refractivity contribution in [1.29, 1.82) is 0 Å². The molecular formula is C17H17BrClNO. The minimum atomic E-state index is -0.236. The van der Waals surface area contributed by atoms with Gasteiger partial charge in [0.25, 0.3) is 0 Å². The summed E-state index contributed by atoms with van der Waals surface area (Å²) in [6.45, 7) is 4.19. The van der Waals surface area contributed by atoms with E-state index < -0.39 is 0 Å². The molecule has 2 aromatic carbocycles. The lowest BCUT2D eigenvalue weighted by Gasteiger charge is -2.16. The maximum atomic E-state index is 6.39. The molecule has 2 nitrogen and oxygen atoms in total. The fourth-order valence-electron chi connectivity index (χ4n) is 2.76. The van der Waals surface area contributed by atoms with E-state index in [2.05, 4.69) is 35.8 Å². The van der Waals surface area contributed by atoms with Crippen LogP contribution in [0.3, 0.4) is 0 Å². The van der Waals surface area contributed by atoms with E-state index in [-0.39, 0.29) is 11.6 Å². The van der Waals surface area contributed by atoms with E-state index in [0.29, 0.717) is 5.02 Å². The zero-order valence-electron chi connectivity index (χ0n) is 12.0. The van der Waals surface area contributed by atoms with Gasteiger partial charge in [-0.05, 0) is 48.7 Å². The number of ether oxygens (including phenoxy) is 1. The molecule has 2 aromatic rings. The standard InChI is InChI=1S/C17H17BrClNO/c1-17(2)9-11-7-10(3-6-15(11)21-17)16(20)13-5-4-12(18)8-14(13)19/h3-8,16H,9,20H2,1-2H3. The first-order chi connectivity index (χ1) is 9.85. The molecule has 0 saturated heterocycles. The van der Waals surface area contributed by atoms with Crippen molar-refractivity contribution in [3.05, 3.63) is 62.6 Å². The second kappa shape index (κ2) is 5.31. The van der Waals surface area contributed by atoms with Crippen molar-refractivity contribution < 1.29 is 4.74 Å². The summed E-state index contributed by atoms with van der Waals surface area (Å²) < 4.78 is 6.85. The van der Waals surface area contributed by atoms with Crippen molar-refractivity contribution in [3.8, 4) is 5.75 Å². The molecule has 1 heterocycles. The van der Waals surface area contributed by atoms with Crippen LogP contribution in [0, 0.1) is 0 Å². The third-order valence-electron chi connectivity index (χ3n) is 3.74. The van der Waals surface area contributed by atoms with Crippen LogP contribution in [-0.4, -0.2) is 5.60 Å². The van der Waals surface area contributed by atoms with Gasteiger partial charge in [0.15, 0.2) is 0 Å². The zero-order chi connectivity index (χ0) is 15.2. The molecule has 1 aliphatic rings.